The van der Waals surface area contributed by atoms with Crippen molar-refractivity contribution < 1.29 is 8.83 Å². The standard InChI is InChI=1S/C80H58N4O2/c1-7-19-61(20-8-1)77-55-57-79(85-77)63-35-43-71(44-36-63)83(67-27-15-5-16-28-67)75-51-47-73(48-52-75)81(65-23-11-3-12-24-65)69-39-31-59(32-40-69)60-33-41-70(42-34-60)82(66-25-13-4-14-26-66)74-49-53-76(54-50-74)84(68-29-17-6-18-30-68)72-45-37-64(38-46-72)80-58-56-78(86-80)62-21-9-2-10-22-62/h1-58H. The van der Waals surface area contributed by atoms with Gasteiger partial charge in [0.25, 0.3) is 0 Å². The molecule has 86 heavy (non-hydrogen) atoms. The van der Waals surface area contributed by atoms with Crippen LogP contribution in [-0.2, 0) is 0 Å². The first-order chi connectivity index (χ1) is 42.6. The molecule has 0 amide bonds. The number of furan rings is 2. The molecule has 0 saturated heterocycles. The van der Waals surface area contributed by atoms with Crippen molar-refractivity contribution in [2.75, 3.05) is 19.6 Å². The maximum absolute atomic E-state index is 6.32. The van der Waals surface area contributed by atoms with E-state index in [1.807, 2.05) is 60.7 Å². The van der Waals surface area contributed by atoms with E-state index in [0.717, 1.165) is 125 Å². The van der Waals surface area contributed by atoms with Gasteiger partial charge in [-0.1, -0.05) is 158 Å². The molecular weight excluding hydrogens is 1050 g/mol. The van der Waals surface area contributed by atoms with Gasteiger partial charge in [0.2, 0.25) is 0 Å². The molecule has 6 heteroatoms. The molecule has 410 valence electrons. The lowest BCUT2D eigenvalue weighted by atomic mass is 10.0. The Hall–Kier alpha value is -11.6. The van der Waals surface area contributed by atoms with Gasteiger partial charge in [-0.05, 0) is 205 Å². The minimum atomic E-state index is 0.832. The second kappa shape index (κ2) is 24.1. The monoisotopic (exact) mass is 1110 g/mol. The van der Waals surface area contributed by atoms with Gasteiger partial charge in [-0.3, -0.25) is 0 Å². The molecule has 0 saturated carbocycles. The summed E-state index contributed by atoms with van der Waals surface area (Å²) in [4.78, 5) is 9.21. The topological polar surface area (TPSA) is 39.2 Å². The van der Waals surface area contributed by atoms with Gasteiger partial charge in [0.15, 0.2) is 0 Å². The molecule has 0 unspecified atom stereocenters. The Balaban J connectivity index is 0.714. The fourth-order valence-electron chi connectivity index (χ4n) is 11.3. The van der Waals surface area contributed by atoms with E-state index >= 15 is 0 Å². The van der Waals surface area contributed by atoms with E-state index in [4.69, 9.17) is 8.83 Å². The van der Waals surface area contributed by atoms with Gasteiger partial charge in [-0.2, -0.15) is 0 Å². The summed E-state index contributed by atoms with van der Waals surface area (Å²) in [7, 11) is 0. The summed E-state index contributed by atoms with van der Waals surface area (Å²) in [6.45, 7) is 0. The zero-order valence-electron chi connectivity index (χ0n) is 47.1. The van der Waals surface area contributed by atoms with Crippen LogP contribution in [0.3, 0.4) is 0 Å². The van der Waals surface area contributed by atoms with Crippen LogP contribution in [0.15, 0.2) is 361 Å². The zero-order chi connectivity index (χ0) is 57.4. The average molecular weight is 1110 g/mol. The van der Waals surface area contributed by atoms with E-state index < -0.39 is 0 Å². The summed E-state index contributed by atoms with van der Waals surface area (Å²) in [5, 5.41) is 0. The molecule has 2 heterocycles. The maximum atomic E-state index is 6.32. The molecule has 0 spiro atoms. The molecule has 0 N–H and O–H groups in total. The van der Waals surface area contributed by atoms with Crippen molar-refractivity contribution in [2.45, 2.75) is 0 Å². The van der Waals surface area contributed by atoms with Crippen molar-refractivity contribution in [3.8, 4) is 56.4 Å². The first-order valence-electron chi connectivity index (χ1n) is 29.0. The third kappa shape index (κ3) is 11.1. The highest BCUT2D eigenvalue weighted by Gasteiger charge is 2.20. The molecule has 14 aromatic rings. The minimum absolute atomic E-state index is 0.832. The van der Waals surface area contributed by atoms with Crippen LogP contribution in [0.4, 0.5) is 68.2 Å². The second-order valence-corrected chi connectivity index (χ2v) is 21.0. The first kappa shape index (κ1) is 52.5. The zero-order valence-corrected chi connectivity index (χ0v) is 47.1. The number of hydrogen-bond acceptors (Lipinski definition) is 6. The number of benzene rings is 12. The third-order valence-electron chi connectivity index (χ3n) is 15.5. The molecular formula is C80H58N4O2. The highest BCUT2D eigenvalue weighted by atomic mass is 16.3. The summed E-state index contributed by atoms with van der Waals surface area (Å²) in [5.74, 6) is 3.37. The van der Waals surface area contributed by atoms with Gasteiger partial charge >= 0.3 is 0 Å². The smallest absolute Gasteiger partial charge is 0.134 e. The number of hydrogen-bond donors (Lipinski definition) is 0. The highest BCUT2D eigenvalue weighted by molar-refractivity contribution is 5.85. The molecule has 0 aliphatic heterocycles. The summed E-state index contributed by atoms with van der Waals surface area (Å²) >= 11 is 0. The van der Waals surface area contributed by atoms with Gasteiger partial charge in [-0.15, -0.1) is 0 Å². The minimum Gasteiger partial charge on any atom is -0.456 e. The summed E-state index contributed by atoms with van der Waals surface area (Å²) in [6.07, 6.45) is 0. The first-order valence-corrected chi connectivity index (χ1v) is 29.0. The quantitative estimate of drug-likeness (QED) is 0.0905. The van der Waals surface area contributed by atoms with Crippen LogP contribution in [0.2, 0.25) is 0 Å². The third-order valence-corrected chi connectivity index (χ3v) is 15.5. The lowest BCUT2D eigenvalue weighted by Gasteiger charge is -2.28. The van der Waals surface area contributed by atoms with Crippen molar-refractivity contribution in [3.63, 3.8) is 0 Å². The Labute approximate surface area is 502 Å². The van der Waals surface area contributed by atoms with E-state index in [1.165, 1.54) is 0 Å². The van der Waals surface area contributed by atoms with Crippen molar-refractivity contribution in [2.24, 2.45) is 0 Å². The summed E-state index contributed by atoms with van der Waals surface area (Å²) < 4.78 is 12.6. The van der Waals surface area contributed by atoms with Crippen LogP contribution >= 0.6 is 0 Å². The van der Waals surface area contributed by atoms with Gasteiger partial charge in [-0.25, -0.2) is 0 Å². The fraction of sp³-hybridized carbons (Fsp3) is 0. The lowest BCUT2D eigenvalue weighted by molar-refractivity contribution is 0.597. The average Bonchev–Trinajstić information content (AvgIpc) is 3.51. The van der Waals surface area contributed by atoms with Gasteiger partial charge in [0.05, 0.1) is 0 Å². The van der Waals surface area contributed by atoms with Crippen molar-refractivity contribution in [1.82, 2.24) is 0 Å². The van der Waals surface area contributed by atoms with Crippen LogP contribution in [0.1, 0.15) is 0 Å². The van der Waals surface area contributed by atoms with E-state index in [1.54, 1.807) is 0 Å². The van der Waals surface area contributed by atoms with E-state index in [0.29, 0.717) is 0 Å². The van der Waals surface area contributed by atoms with Crippen LogP contribution in [0.5, 0.6) is 0 Å². The Morgan fingerprint density at radius 3 is 0.488 bits per heavy atom. The molecule has 12 aromatic carbocycles. The SMILES string of the molecule is c1ccc(-c2ccc(-c3ccc(N(c4ccccc4)c4ccc(N(c5ccccc5)c5ccc(-c6ccc(N(c7ccccc7)c7ccc(N(c8ccccc8)c8ccc(-c9ccc(-c%10ccccc%10)o9)cc8)cc7)cc6)cc5)cc4)cc3)o2)cc1. The Kier molecular flexibility index (Phi) is 14.7. The highest BCUT2D eigenvalue weighted by Crippen LogP contribution is 2.43. The van der Waals surface area contributed by atoms with Crippen LogP contribution in [-0.4, -0.2) is 0 Å². The molecule has 2 aromatic heterocycles. The van der Waals surface area contributed by atoms with E-state index in [9.17, 15) is 0 Å². The van der Waals surface area contributed by atoms with Gasteiger partial charge in [0.1, 0.15) is 23.0 Å². The Morgan fingerprint density at radius 1 is 0.128 bits per heavy atom. The largest absolute Gasteiger partial charge is 0.456 e. The predicted molar refractivity (Wildman–Crippen MR) is 357 cm³/mol. The molecule has 0 aliphatic carbocycles. The molecule has 0 fully saturated rings. The second-order valence-electron chi connectivity index (χ2n) is 21.0. The van der Waals surface area contributed by atoms with Crippen LogP contribution in [0, 0.1) is 0 Å². The van der Waals surface area contributed by atoms with Crippen LogP contribution in [0.25, 0.3) is 56.4 Å². The van der Waals surface area contributed by atoms with Crippen molar-refractivity contribution in [3.05, 3.63) is 352 Å². The molecule has 14 rings (SSSR count). The molecule has 0 atom stereocenters. The lowest BCUT2D eigenvalue weighted by Crippen LogP contribution is -2.12. The number of para-hydroxylation sites is 4. The maximum Gasteiger partial charge on any atom is 0.134 e. The Morgan fingerprint density at radius 2 is 0.279 bits per heavy atom. The van der Waals surface area contributed by atoms with E-state index in [-0.39, 0.29) is 0 Å². The van der Waals surface area contributed by atoms with E-state index in [2.05, 4.69) is 311 Å². The summed E-state index contributed by atoms with van der Waals surface area (Å²) in [6, 6.07) is 123. The predicted octanol–water partition coefficient (Wildman–Crippen LogP) is 23.1. The Bertz CT molecular complexity index is 4150. The normalized spacial score (nSPS) is 11.0. The van der Waals surface area contributed by atoms with Gasteiger partial charge < -0.3 is 28.4 Å². The number of nitrogens with zero attached hydrogens (tertiary/aromatic N) is 4. The van der Waals surface area contributed by atoms with Gasteiger partial charge in [0, 0.05) is 90.5 Å². The number of rotatable bonds is 17. The molecule has 0 radical (unpaired) electrons. The molecule has 0 aliphatic rings. The number of anilines is 12. The molecule has 0 bridgehead atoms. The fourth-order valence-corrected chi connectivity index (χ4v) is 11.3. The molecule has 6 nitrogen and oxygen atoms in total. The van der Waals surface area contributed by atoms with Crippen LogP contribution < -0.4 is 19.6 Å². The van der Waals surface area contributed by atoms with Crippen molar-refractivity contribution in [1.29, 1.82) is 0 Å². The summed E-state index contributed by atoms with van der Waals surface area (Å²) in [5.41, 5.74) is 19.1. The van der Waals surface area contributed by atoms with Crippen molar-refractivity contribution >= 4 is 68.2 Å².